The number of thiazole rings is 1. The average molecular weight is 413 g/mol. The van der Waals surface area contributed by atoms with Crippen molar-refractivity contribution in [3.63, 3.8) is 0 Å². The van der Waals surface area contributed by atoms with Gasteiger partial charge in [-0.25, -0.2) is 9.78 Å². The molecule has 1 aromatic heterocycles. The first-order valence-corrected chi connectivity index (χ1v) is 10.3. The molecule has 1 fully saturated rings. The fourth-order valence-electron chi connectivity index (χ4n) is 3.43. The van der Waals surface area contributed by atoms with Crippen LogP contribution in [-0.2, 0) is 0 Å². The van der Waals surface area contributed by atoms with Crippen LogP contribution >= 0.6 is 11.3 Å². The minimum absolute atomic E-state index is 0.114. The number of aromatic nitrogens is 1. The summed E-state index contributed by atoms with van der Waals surface area (Å²) < 4.78 is 11.7. The lowest BCUT2D eigenvalue weighted by Crippen LogP contribution is -2.50. The number of aryl methyl sites for hydroxylation is 1. The van der Waals surface area contributed by atoms with Crippen molar-refractivity contribution in [2.24, 2.45) is 0 Å². The van der Waals surface area contributed by atoms with E-state index in [0.29, 0.717) is 30.3 Å². The number of carbonyl (C=O) groups is 1. The molecule has 7 nitrogen and oxygen atoms in total. The fraction of sp³-hybridized carbons (Fsp3) is 0.333. The van der Waals surface area contributed by atoms with E-state index in [1.165, 1.54) is 10.3 Å². The van der Waals surface area contributed by atoms with Gasteiger partial charge in [-0.2, -0.15) is 0 Å². The van der Waals surface area contributed by atoms with E-state index >= 15 is 0 Å². The van der Waals surface area contributed by atoms with Gasteiger partial charge in [0.05, 0.1) is 24.4 Å². The van der Waals surface area contributed by atoms with Gasteiger partial charge in [0.15, 0.2) is 16.6 Å². The number of amides is 2. The number of para-hydroxylation sites is 1. The maximum atomic E-state index is 12.7. The number of fused-ring (bicyclic) bond motifs is 1. The first-order chi connectivity index (χ1) is 14.1. The number of nitrogens with zero attached hydrogens (tertiary/aromatic N) is 3. The molecule has 0 saturated carbocycles. The van der Waals surface area contributed by atoms with Crippen molar-refractivity contribution in [3.8, 4) is 11.5 Å². The molecule has 0 radical (unpaired) electrons. The van der Waals surface area contributed by atoms with Gasteiger partial charge in [-0.3, -0.25) is 0 Å². The second-order valence-electron chi connectivity index (χ2n) is 6.89. The Bertz CT molecular complexity index is 1030. The largest absolute Gasteiger partial charge is 0.493 e. The molecule has 152 valence electrons. The number of hydrogen-bond acceptors (Lipinski definition) is 6. The molecule has 1 saturated heterocycles. The minimum atomic E-state index is -0.114. The monoisotopic (exact) mass is 412 g/mol. The predicted molar refractivity (Wildman–Crippen MR) is 117 cm³/mol. The van der Waals surface area contributed by atoms with Crippen LogP contribution in [0.3, 0.4) is 0 Å². The van der Waals surface area contributed by atoms with Crippen LogP contribution < -0.4 is 19.7 Å². The Hall–Kier alpha value is -3.00. The molecule has 0 aliphatic carbocycles. The third-order valence-electron chi connectivity index (χ3n) is 5.08. The molecular formula is C21H24N4O3S. The van der Waals surface area contributed by atoms with Gasteiger partial charge >= 0.3 is 6.03 Å². The standard InChI is InChI=1S/C21H24N4O3S/c1-14-5-4-6-18-19(14)23-21(29-18)25-11-9-24(10-12-25)20(26)22-15-7-8-16(27-2)17(13-15)28-3/h4-8,13H,9-12H2,1-3H3,(H,22,26). The molecule has 0 bridgehead atoms. The first-order valence-electron chi connectivity index (χ1n) is 9.48. The summed E-state index contributed by atoms with van der Waals surface area (Å²) in [7, 11) is 3.16. The number of nitrogens with one attached hydrogen (secondary N) is 1. The van der Waals surface area contributed by atoms with Crippen LogP contribution in [0.1, 0.15) is 5.56 Å². The Morgan fingerprint density at radius 3 is 2.52 bits per heavy atom. The van der Waals surface area contributed by atoms with Crippen molar-refractivity contribution in [3.05, 3.63) is 42.0 Å². The number of anilines is 2. The first kappa shape index (κ1) is 19.3. The second kappa shape index (κ2) is 8.16. The Kier molecular flexibility index (Phi) is 5.44. The molecule has 3 aromatic rings. The average Bonchev–Trinajstić information content (AvgIpc) is 3.19. The Labute approximate surface area is 173 Å². The van der Waals surface area contributed by atoms with Crippen molar-refractivity contribution in [1.82, 2.24) is 9.88 Å². The molecule has 1 aliphatic rings. The highest BCUT2D eigenvalue weighted by Gasteiger charge is 2.23. The zero-order valence-electron chi connectivity index (χ0n) is 16.8. The summed E-state index contributed by atoms with van der Waals surface area (Å²) in [6.07, 6.45) is 0. The summed E-state index contributed by atoms with van der Waals surface area (Å²) in [5.41, 5.74) is 2.94. The predicted octanol–water partition coefficient (Wildman–Crippen LogP) is 3.98. The number of benzene rings is 2. The van der Waals surface area contributed by atoms with Crippen molar-refractivity contribution >= 4 is 38.4 Å². The van der Waals surface area contributed by atoms with E-state index in [0.717, 1.165) is 23.7 Å². The van der Waals surface area contributed by atoms with Crippen LogP contribution in [0.15, 0.2) is 36.4 Å². The zero-order chi connectivity index (χ0) is 20.4. The lowest BCUT2D eigenvalue weighted by Gasteiger charge is -2.34. The van der Waals surface area contributed by atoms with Gasteiger partial charge in [-0.05, 0) is 30.7 Å². The molecule has 2 amide bonds. The van der Waals surface area contributed by atoms with Crippen molar-refractivity contribution in [1.29, 1.82) is 0 Å². The Balaban J connectivity index is 1.38. The van der Waals surface area contributed by atoms with Crippen LogP contribution in [0.4, 0.5) is 15.6 Å². The van der Waals surface area contributed by atoms with Crippen molar-refractivity contribution in [2.75, 3.05) is 50.6 Å². The van der Waals surface area contributed by atoms with Gasteiger partial charge in [0.2, 0.25) is 0 Å². The number of carbonyl (C=O) groups excluding carboxylic acids is 1. The summed E-state index contributed by atoms with van der Waals surface area (Å²) in [4.78, 5) is 21.5. The van der Waals surface area contributed by atoms with Crippen molar-refractivity contribution in [2.45, 2.75) is 6.92 Å². The van der Waals surface area contributed by atoms with E-state index in [9.17, 15) is 4.79 Å². The molecular weight excluding hydrogens is 388 g/mol. The SMILES string of the molecule is COc1ccc(NC(=O)N2CCN(c3nc4c(C)cccc4s3)CC2)cc1OC. The van der Waals surface area contributed by atoms with Gasteiger partial charge < -0.3 is 24.6 Å². The number of hydrogen-bond donors (Lipinski definition) is 1. The summed E-state index contributed by atoms with van der Waals surface area (Å²) >= 11 is 1.71. The highest BCUT2D eigenvalue weighted by atomic mass is 32.1. The lowest BCUT2D eigenvalue weighted by molar-refractivity contribution is 0.208. The molecule has 2 heterocycles. The minimum Gasteiger partial charge on any atom is -0.493 e. The fourth-order valence-corrected chi connectivity index (χ4v) is 4.52. The van der Waals surface area contributed by atoms with E-state index in [4.69, 9.17) is 14.5 Å². The third kappa shape index (κ3) is 3.93. The van der Waals surface area contributed by atoms with Crippen molar-refractivity contribution < 1.29 is 14.3 Å². The number of ether oxygens (including phenoxy) is 2. The lowest BCUT2D eigenvalue weighted by atomic mass is 10.2. The summed E-state index contributed by atoms with van der Waals surface area (Å²) in [6.45, 7) is 4.90. The Morgan fingerprint density at radius 2 is 1.83 bits per heavy atom. The molecule has 2 aromatic carbocycles. The summed E-state index contributed by atoms with van der Waals surface area (Å²) in [5, 5.41) is 3.96. The van der Waals surface area contributed by atoms with Gasteiger partial charge in [-0.15, -0.1) is 0 Å². The smallest absolute Gasteiger partial charge is 0.321 e. The summed E-state index contributed by atoms with van der Waals surface area (Å²) in [5.74, 6) is 1.21. The van der Waals surface area contributed by atoms with Crippen LogP contribution in [0, 0.1) is 6.92 Å². The maximum absolute atomic E-state index is 12.7. The molecule has 4 rings (SSSR count). The van der Waals surface area contributed by atoms with Crippen LogP contribution in [0.5, 0.6) is 11.5 Å². The number of methoxy groups -OCH3 is 2. The topological polar surface area (TPSA) is 66.9 Å². The maximum Gasteiger partial charge on any atom is 0.321 e. The molecule has 29 heavy (non-hydrogen) atoms. The van der Waals surface area contributed by atoms with Crippen LogP contribution in [0.2, 0.25) is 0 Å². The van der Waals surface area contributed by atoms with E-state index in [1.807, 2.05) is 4.90 Å². The summed E-state index contributed by atoms with van der Waals surface area (Å²) in [6, 6.07) is 11.5. The molecule has 8 heteroatoms. The highest BCUT2D eigenvalue weighted by Crippen LogP contribution is 2.32. The highest BCUT2D eigenvalue weighted by molar-refractivity contribution is 7.22. The van der Waals surface area contributed by atoms with E-state index in [2.05, 4.69) is 35.3 Å². The molecule has 1 aliphatic heterocycles. The van der Waals surface area contributed by atoms with Gasteiger partial charge in [-0.1, -0.05) is 23.5 Å². The molecule has 0 unspecified atom stereocenters. The third-order valence-corrected chi connectivity index (χ3v) is 6.16. The van der Waals surface area contributed by atoms with Gasteiger partial charge in [0.25, 0.3) is 0 Å². The Morgan fingerprint density at radius 1 is 1.07 bits per heavy atom. The van der Waals surface area contributed by atoms with E-state index < -0.39 is 0 Å². The van der Waals surface area contributed by atoms with Crippen LogP contribution in [0.25, 0.3) is 10.2 Å². The zero-order valence-corrected chi connectivity index (χ0v) is 17.6. The van der Waals surface area contributed by atoms with E-state index in [1.54, 1.807) is 43.8 Å². The number of urea groups is 1. The second-order valence-corrected chi connectivity index (χ2v) is 7.90. The number of piperazine rings is 1. The molecule has 1 N–H and O–H groups in total. The van der Waals surface area contributed by atoms with E-state index in [-0.39, 0.29) is 6.03 Å². The van der Waals surface area contributed by atoms with Gasteiger partial charge in [0.1, 0.15) is 0 Å². The number of rotatable bonds is 4. The molecule has 0 spiro atoms. The van der Waals surface area contributed by atoms with Crippen LogP contribution in [-0.4, -0.2) is 56.3 Å². The normalized spacial score (nSPS) is 14.2. The quantitative estimate of drug-likeness (QED) is 0.702. The van der Waals surface area contributed by atoms with Gasteiger partial charge in [0, 0.05) is 37.9 Å². The molecule has 0 atom stereocenters.